The van der Waals surface area contributed by atoms with Gasteiger partial charge in [0.05, 0.1) is 5.69 Å². The van der Waals surface area contributed by atoms with Crippen LogP contribution in [0.5, 0.6) is 0 Å². The van der Waals surface area contributed by atoms with Crippen molar-refractivity contribution in [2.75, 3.05) is 0 Å². The molecule has 0 atom stereocenters. The average Bonchev–Trinajstić information content (AvgIpc) is 3.19. The van der Waals surface area contributed by atoms with E-state index in [9.17, 15) is 0 Å². The Morgan fingerprint density at radius 3 is 1.78 bits per heavy atom. The number of pyridine rings is 1. The van der Waals surface area contributed by atoms with Crippen molar-refractivity contribution in [2.24, 2.45) is 0 Å². The van der Waals surface area contributed by atoms with Crippen LogP contribution in [0.3, 0.4) is 0 Å². The third-order valence-corrected chi connectivity index (χ3v) is 10.3. The predicted octanol–water partition coefficient (Wildman–Crippen LogP) is 13.5. The first-order valence-electron chi connectivity index (χ1n) is 17.2. The highest BCUT2D eigenvalue weighted by atomic mass is 14.7. The third kappa shape index (κ3) is 4.59. The van der Waals surface area contributed by atoms with E-state index in [1.54, 1.807) is 0 Å². The predicted molar refractivity (Wildman–Crippen MR) is 214 cm³/mol. The Hall–Kier alpha value is -6.57. The number of fused-ring (bicyclic) bond motifs is 6. The molecule has 10 aromatic rings. The Bertz CT molecular complexity index is 2910. The fourth-order valence-electron chi connectivity index (χ4n) is 7.96. The summed E-state index contributed by atoms with van der Waals surface area (Å²) < 4.78 is 0. The highest BCUT2D eigenvalue weighted by Crippen LogP contribution is 2.45. The smallest absolute Gasteiger partial charge is 0.0714 e. The Kier molecular flexibility index (Phi) is 6.57. The lowest BCUT2D eigenvalue weighted by Crippen LogP contribution is -1.93. The second kappa shape index (κ2) is 11.5. The molecule has 0 N–H and O–H groups in total. The summed E-state index contributed by atoms with van der Waals surface area (Å²) in [5.74, 6) is 0. The van der Waals surface area contributed by atoms with Gasteiger partial charge in [-0.3, -0.25) is 4.98 Å². The molecule has 0 unspecified atom stereocenters. The van der Waals surface area contributed by atoms with Crippen LogP contribution in [0.2, 0.25) is 0 Å². The van der Waals surface area contributed by atoms with Gasteiger partial charge < -0.3 is 0 Å². The SMILES string of the molecule is c1ccc(-c2ccc3c(-c4cccc(-c5cccc6c5ccc5cc7ccccc7cc56)c4)c4ccccc4c(-c4ccccn4)c3c2)cc1. The fourth-order valence-corrected chi connectivity index (χ4v) is 7.96. The van der Waals surface area contributed by atoms with Crippen LogP contribution in [0.1, 0.15) is 0 Å². The summed E-state index contributed by atoms with van der Waals surface area (Å²) in [6.45, 7) is 0. The van der Waals surface area contributed by atoms with E-state index in [0.717, 1.165) is 5.69 Å². The molecule has 0 saturated carbocycles. The Morgan fingerprint density at radius 2 is 0.940 bits per heavy atom. The zero-order valence-corrected chi connectivity index (χ0v) is 27.3. The van der Waals surface area contributed by atoms with E-state index in [0.29, 0.717) is 0 Å². The van der Waals surface area contributed by atoms with Gasteiger partial charge in [-0.2, -0.15) is 0 Å². The van der Waals surface area contributed by atoms with Crippen molar-refractivity contribution in [3.63, 3.8) is 0 Å². The Morgan fingerprint density at radius 1 is 0.280 bits per heavy atom. The lowest BCUT2D eigenvalue weighted by atomic mass is 9.85. The number of hydrogen-bond donors (Lipinski definition) is 0. The van der Waals surface area contributed by atoms with Gasteiger partial charge in [0, 0.05) is 11.8 Å². The lowest BCUT2D eigenvalue weighted by molar-refractivity contribution is 1.34. The Balaban J connectivity index is 1.22. The quantitative estimate of drug-likeness (QED) is 0.139. The molecule has 1 aromatic heterocycles. The van der Waals surface area contributed by atoms with Gasteiger partial charge in [-0.25, -0.2) is 0 Å². The molecule has 9 aromatic carbocycles. The van der Waals surface area contributed by atoms with Gasteiger partial charge in [-0.1, -0.05) is 146 Å². The van der Waals surface area contributed by atoms with Crippen molar-refractivity contribution in [1.82, 2.24) is 4.98 Å². The van der Waals surface area contributed by atoms with E-state index in [2.05, 4.69) is 176 Å². The van der Waals surface area contributed by atoms with Gasteiger partial charge in [0.1, 0.15) is 0 Å². The van der Waals surface area contributed by atoms with Crippen LogP contribution >= 0.6 is 0 Å². The molecule has 0 fully saturated rings. The molecule has 0 aliphatic heterocycles. The normalized spacial score (nSPS) is 11.6. The summed E-state index contributed by atoms with van der Waals surface area (Å²) in [5, 5.41) is 12.5. The molecule has 0 aliphatic rings. The topological polar surface area (TPSA) is 12.9 Å². The van der Waals surface area contributed by atoms with Gasteiger partial charge in [0.15, 0.2) is 0 Å². The second-order valence-corrected chi connectivity index (χ2v) is 13.1. The molecule has 0 bridgehead atoms. The minimum atomic E-state index is 0.981. The zero-order valence-electron chi connectivity index (χ0n) is 27.3. The molecule has 0 amide bonds. The van der Waals surface area contributed by atoms with E-state index in [1.165, 1.54) is 92.8 Å². The molecule has 0 saturated heterocycles. The van der Waals surface area contributed by atoms with Gasteiger partial charge >= 0.3 is 0 Å². The number of hydrogen-bond acceptors (Lipinski definition) is 1. The van der Waals surface area contributed by atoms with Crippen LogP contribution in [0.4, 0.5) is 0 Å². The maximum Gasteiger partial charge on any atom is 0.0714 e. The highest BCUT2D eigenvalue weighted by Gasteiger charge is 2.19. The molecule has 1 nitrogen and oxygen atoms in total. The van der Waals surface area contributed by atoms with Gasteiger partial charge in [-0.15, -0.1) is 0 Å². The monoisotopic (exact) mass is 633 g/mol. The van der Waals surface area contributed by atoms with Crippen LogP contribution in [-0.2, 0) is 0 Å². The van der Waals surface area contributed by atoms with Crippen LogP contribution in [0, 0.1) is 0 Å². The van der Waals surface area contributed by atoms with E-state index < -0.39 is 0 Å². The molecule has 50 heavy (non-hydrogen) atoms. The van der Waals surface area contributed by atoms with Gasteiger partial charge in [0.2, 0.25) is 0 Å². The first-order chi connectivity index (χ1) is 24.8. The molecule has 10 rings (SSSR count). The first-order valence-corrected chi connectivity index (χ1v) is 17.2. The Labute approximate surface area is 290 Å². The van der Waals surface area contributed by atoms with Crippen LogP contribution in [0.15, 0.2) is 188 Å². The summed E-state index contributed by atoms with van der Waals surface area (Å²) in [7, 11) is 0. The lowest BCUT2D eigenvalue weighted by Gasteiger charge is -2.19. The summed E-state index contributed by atoms with van der Waals surface area (Å²) in [6, 6.07) is 66.3. The highest BCUT2D eigenvalue weighted by molar-refractivity contribution is 6.22. The minimum absolute atomic E-state index is 0.981. The number of nitrogens with zero attached hydrogens (tertiary/aromatic N) is 1. The fraction of sp³-hybridized carbons (Fsp3) is 0. The maximum atomic E-state index is 4.88. The van der Waals surface area contributed by atoms with Gasteiger partial charge in [-0.05, 0) is 124 Å². The van der Waals surface area contributed by atoms with Crippen LogP contribution in [-0.4, -0.2) is 4.98 Å². The van der Waals surface area contributed by atoms with Crippen molar-refractivity contribution in [3.05, 3.63) is 188 Å². The number of benzene rings is 9. The van der Waals surface area contributed by atoms with Crippen molar-refractivity contribution in [3.8, 4) is 44.6 Å². The van der Waals surface area contributed by atoms with Gasteiger partial charge in [0.25, 0.3) is 0 Å². The average molecular weight is 634 g/mol. The van der Waals surface area contributed by atoms with E-state index >= 15 is 0 Å². The molecule has 1 heteroatoms. The minimum Gasteiger partial charge on any atom is -0.256 e. The standard InChI is InChI=1S/C49H31N/c1-2-12-32(13-3-1)35-23-26-44-46(31-35)49(47-22-8-9-27-50-47)43-19-7-6-18-42(43)48(44)38-17-10-16-36(29-38)39-20-11-21-40-41(39)25-24-37-28-33-14-4-5-15-34(33)30-45(37)40/h1-31H. The molecule has 232 valence electrons. The van der Waals surface area contributed by atoms with Crippen molar-refractivity contribution >= 4 is 53.9 Å². The van der Waals surface area contributed by atoms with Crippen LogP contribution < -0.4 is 0 Å². The van der Waals surface area contributed by atoms with Crippen molar-refractivity contribution < 1.29 is 0 Å². The second-order valence-electron chi connectivity index (χ2n) is 13.1. The molecule has 0 aliphatic carbocycles. The van der Waals surface area contributed by atoms with E-state index in [4.69, 9.17) is 4.98 Å². The molecular weight excluding hydrogens is 603 g/mol. The molecule has 1 heterocycles. The summed E-state index contributed by atoms with van der Waals surface area (Å²) in [4.78, 5) is 4.88. The summed E-state index contributed by atoms with van der Waals surface area (Å²) >= 11 is 0. The first kappa shape index (κ1) is 28.4. The maximum absolute atomic E-state index is 4.88. The van der Waals surface area contributed by atoms with E-state index in [-0.39, 0.29) is 0 Å². The van der Waals surface area contributed by atoms with Crippen LogP contribution in [0.25, 0.3) is 98.5 Å². The van der Waals surface area contributed by atoms with Crippen molar-refractivity contribution in [2.45, 2.75) is 0 Å². The van der Waals surface area contributed by atoms with E-state index in [1.807, 2.05) is 12.3 Å². The number of aromatic nitrogens is 1. The largest absolute Gasteiger partial charge is 0.256 e. The third-order valence-electron chi connectivity index (χ3n) is 10.3. The molecular formula is C49H31N. The van der Waals surface area contributed by atoms with Crippen molar-refractivity contribution in [1.29, 1.82) is 0 Å². The zero-order chi connectivity index (χ0) is 33.0. The summed E-state index contributed by atoms with van der Waals surface area (Å²) in [5.41, 5.74) is 9.44. The molecule has 0 radical (unpaired) electrons. The molecule has 0 spiro atoms. The summed E-state index contributed by atoms with van der Waals surface area (Å²) in [6.07, 6.45) is 1.89. The number of rotatable bonds is 4.